The molecular weight excluding hydrogens is 408 g/mol. The summed E-state index contributed by atoms with van der Waals surface area (Å²) in [5.41, 5.74) is 1.91. The molecule has 0 spiro atoms. The molecular formula is C23H22N6OS. The lowest BCUT2D eigenvalue weighted by atomic mass is 10.1. The third-order valence-electron chi connectivity index (χ3n) is 5.40. The summed E-state index contributed by atoms with van der Waals surface area (Å²) in [4.78, 5) is 32.7. The molecule has 4 aromatic rings. The summed E-state index contributed by atoms with van der Waals surface area (Å²) in [7, 11) is 0. The Hall–Kier alpha value is -3.39. The maximum absolute atomic E-state index is 13.0. The Balaban J connectivity index is 1.26. The molecule has 0 radical (unpaired) electrons. The predicted molar refractivity (Wildman–Crippen MR) is 121 cm³/mol. The number of nitrogens with one attached hydrogen (secondary N) is 1. The summed E-state index contributed by atoms with van der Waals surface area (Å²) in [5, 5.41) is 4.19. The second-order valence-corrected chi connectivity index (χ2v) is 8.60. The van der Waals surface area contributed by atoms with Crippen LogP contribution >= 0.6 is 11.3 Å². The van der Waals surface area contributed by atoms with Crippen molar-refractivity contribution in [1.29, 1.82) is 0 Å². The molecule has 0 saturated carbocycles. The summed E-state index contributed by atoms with van der Waals surface area (Å²) in [6, 6.07) is 14.0. The quantitative estimate of drug-likeness (QED) is 0.484. The van der Waals surface area contributed by atoms with Gasteiger partial charge in [-0.3, -0.25) is 9.78 Å². The minimum absolute atomic E-state index is 0.00600. The number of amides is 1. The maximum atomic E-state index is 13.0. The van der Waals surface area contributed by atoms with Crippen molar-refractivity contribution < 1.29 is 4.79 Å². The van der Waals surface area contributed by atoms with Crippen LogP contribution in [0.1, 0.15) is 36.0 Å². The van der Waals surface area contributed by atoms with Crippen molar-refractivity contribution in [3.05, 3.63) is 71.8 Å². The van der Waals surface area contributed by atoms with Crippen LogP contribution in [0.3, 0.4) is 0 Å². The molecule has 3 aromatic heterocycles. The number of likely N-dealkylation sites (tertiary alicyclic amines) is 1. The van der Waals surface area contributed by atoms with Crippen molar-refractivity contribution in [3.8, 4) is 0 Å². The highest BCUT2D eigenvalue weighted by atomic mass is 32.1. The summed E-state index contributed by atoms with van der Waals surface area (Å²) < 4.78 is 1.17. The number of nitrogens with zero attached hydrogens (tertiary/aromatic N) is 5. The molecule has 31 heavy (non-hydrogen) atoms. The molecule has 0 aliphatic carbocycles. The van der Waals surface area contributed by atoms with E-state index in [1.165, 1.54) is 4.70 Å². The van der Waals surface area contributed by atoms with E-state index in [4.69, 9.17) is 4.98 Å². The Morgan fingerprint density at radius 3 is 2.90 bits per heavy atom. The molecule has 7 nitrogen and oxygen atoms in total. The number of pyridine rings is 1. The third-order valence-corrected chi connectivity index (χ3v) is 6.49. The van der Waals surface area contributed by atoms with Crippen molar-refractivity contribution in [1.82, 2.24) is 24.8 Å². The lowest BCUT2D eigenvalue weighted by Crippen LogP contribution is -2.31. The molecule has 0 bridgehead atoms. The number of anilines is 2. The van der Waals surface area contributed by atoms with Crippen LogP contribution < -0.4 is 5.32 Å². The van der Waals surface area contributed by atoms with Gasteiger partial charge in [-0.1, -0.05) is 18.2 Å². The highest BCUT2D eigenvalue weighted by molar-refractivity contribution is 7.18. The number of rotatable bonds is 6. The molecule has 8 heteroatoms. The Morgan fingerprint density at radius 1 is 1.10 bits per heavy atom. The van der Waals surface area contributed by atoms with Crippen LogP contribution in [0.15, 0.2) is 61.1 Å². The van der Waals surface area contributed by atoms with E-state index >= 15 is 0 Å². The van der Waals surface area contributed by atoms with Gasteiger partial charge in [0.15, 0.2) is 0 Å². The molecule has 156 valence electrons. The van der Waals surface area contributed by atoms with Crippen LogP contribution in [0.4, 0.5) is 11.6 Å². The standard InChI is InChI=1S/C23H22N6OS/c30-23(11-10-22-27-17-5-1-2-8-19(17)31-22)29-14-4-7-18(29)16-6-3-9-20(26-16)28-21-15-24-12-13-25-21/h1-3,5-6,8-9,12-13,15,18H,4,7,10-11,14H2,(H,25,26,28)/t18-/m1/s1. The first-order chi connectivity index (χ1) is 15.3. The molecule has 1 fully saturated rings. The average Bonchev–Trinajstić information content (AvgIpc) is 3.45. The molecule has 1 aromatic carbocycles. The molecule has 4 heterocycles. The lowest BCUT2D eigenvalue weighted by Gasteiger charge is -2.24. The largest absolute Gasteiger partial charge is 0.334 e. The Labute approximate surface area is 184 Å². The molecule has 0 unspecified atom stereocenters. The van der Waals surface area contributed by atoms with E-state index in [0.29, 0.717) is 24.5 Å². The highest BCUT2D eigenvalue weighted by Crippen LogP contribution is 2.32. The second kappa shape index (κ2) is 8.77. The van der Waals surface area contributed by atoms with Crippen LogP contribution in [-0.2, 0) is 11.2 Å². The topological polar surface area (TPSA) is 83.9 Å². The van der Waals surface area contributed by atoms with Crippen molar-refractivity contribution in [2.75, 3.05) is 11.9 Å². The van der Waals surface area contributed by atoms with E-state index < -0.39 is 0 Å². The Morgan fingerprint density at radius 2 is 2.03 bits per heavy atom. The zero-order chi connectivity index (χ0) is 21.0. The van der Waals surface area contributed by atoms with Gasteiger partial charge in [-0.15, -0.1) is 11.3 Å². The number of carbonyl (C=O) groups excluding carboxylic acids is 1. The van der Waals surface area contributed by atoms with Crippen LogP contribution in [0.25, 0.3) is 10.2 Å². The van der Waals surface area contributed by atoms with E-state index in [9.17, 15) is 4.79 Å². The number of hydrogen-bond acceptors (Lipinski definition) is 7. The van der Waals surface area contributed by atoms with Crippen molar-refractivity contribution in [2.24, 2.45) is 0 Å². The molecule has 1 amide bonds. The molecule has 5 rings (SSSR count). The third kappa shape index (κ3) is 4.39. The van der Waals surface area contributed by atoms with Crippen LogP contribution in [0, 0.1) is 0 Å². The number of aryl methyl sites for hydroxylation is 1. The van der Waals surface area contributed by atoms with Gasteiger partial charge >= 0.3 is 0 Å². The van der Waals surface area contributed by atoms with Gasteiger partial charge in [0.2, 0.25) is 5.91 Å². The fourth-order valence-electron chi connectivity index (χ4n) is 3.96. The molecule has 1 aliphatic rings. The fraction of sp³-hybridized carbons (Fsp3) is 0.261. The summed E-state index contributed by atoms with van der Waals surface area (Å²) in [6.45, 7) is 0.771. The number of hydrogen-bond donors (Lipinski definition) is 1. The van der Waals surface area contributed by atoms with Crippen molar-refractivity contribution in [2.45, 2.75) is 31.7 Å². The monoisotopic (exact) mass is 430 g/mol. The summed E-state index contributed by atoms with van der Waals surface area (Å²) in [6.07, 6.45) is 7.97. The first-order valence-electron chi connectivity index (χ1n) is 10.4. The maximum Gasteiger partial charge on any atom is 0.223 e. The number of benzene rings is 1. The Kier molecular flexibility index (Phi) is 5.54. The van der Waals surface area contributed by atoms with E-state index in [2.05, 4.69) is 26.3 Å². The number of para-hydroxylation sites is 1. The van der Waals surface area contributed by atoms with Crippen LogP contribution in [-0.4, -0.2) is 37.3 Å². The van der Waals surface area contributed by atoms with Gasteiger partial charge in [0.25, 0.3) is 0 Å². The van der Waals surface area contributed by atoms with Gasteiger partial charge in [0.1, 0.15) is 11.6 Å². The first-order valence-corrected chi connectivity index (χ1v) is 11.2. The van der Waals surface area contributed by atoms with Gasteiger partial charge in [-0.25, -0.2) is 15.0 Å². The number of thiazole rings is 1. The van der Waals surface area contributed by atoms with Gasteiger partial charge in [0, 0.05) is 31.8 Å². The summed E-state index contributed by atoms with van der Waals surface area (Å²) in [5.74, 6) is 1.50. The second-order valence-electron chi connectivity index (χ2n) is 7.48. The molecule has 1 saturated heterocycles. The highest BCUT2D eigenvalue weighted by Gasteiger charge is 2.30. The number of carbonyl (C=O) groups is 1. The van der Waals surface area contributed by atoms with Crippen LogP contribution in [0.5, 0.6) is 0 Å². The van der Waals surface area contributed by atoms with Crippen molar-refractivity contribution in [3.63, 3.8) is 0 Å². The van der Waals surface area contributed by atoms with E-state index in [1.54, 1.807) is 29.9 Å². The molecule has 1 atom stereocenters. The van der Waals surface area contributed by atoms with Gasteiger partial charge in [-0.05, 0) is 37.1 Å². The van der Waals surface area contributed by atoms with Gasteiger partial charge in [-0.2, -0.15) is 0 Å². The van der Waals surface area contributed by atoms with Gasteiger partial charge in [0.05, 0.1) is 33.2 Å². The van der Waals surface area contributed by atoms with E-state index in [0.717, 1.165) is 35.6 Å². The van der Waals surface area contributed by atoms with Gasteiger partial charge < -0.3 is 10.2 Å². The normalized spacial score (nSPS) is 16.0. The SMILES string of the molecule is O=C(CCc1nc2ccccc2s1)N1CCC[C@@H]1c1cccc(Nc2cnccn2)n1. The lowest BCUT2D eigenvalue weighted by molar-refractivity contribution is -0.132. The smallest absolute Gasteiger partial charge is 0.223 e. The van der Waals surface area contributed by atoms with E-state index in [1.807, 2.05) is 41.3 Å². The van der Waals surface area contributed by atoms with Crippen LogP contribution in [0.2, 0.25) is 0 Å². The Bertz CT molecular complexity index is 1160. The zero-order valence-corrected chi connectivity index (χ0v) is 17.8. The first kappa shape index (κ1) is 19.6. The summed E-state index contributed by atoms with van der Waals surface area (Å²) >= 11 is 1.67. The minimum Gasteiger partial charge on any atom is -0.334 e. The predicted octanol–water partition coefficient (Wildman–Crippen LogP) is 4.52. The average molecular weight is 431 g/mol. The zero-order valence-electron chi connectivity index (χ0n) is 16.9. The molecule has 1 aliphatic heterocycles. The minimum atomic E-state index is 0.00600. The number of aromatic nitrogens is 4. The fourth-order valence-corrected chi connectivity index (χ4v) is 4.93. The molecule has 1 N–H and O–H groups in total. The van der Waals surface area contributed by atoms with Crippen molar-refractivity contribution >= 4 is 39.1 Å². The van der Waals surface area contributed by atoms with E-state index in [-0.39, 0.29) is 11.9 Å². The number of fused-ring (bicyclic) bond motifs is 1.